The van der Waals surface area contributed by atoms with Crippen LogP contribution in [0.3, 0.4) is 0 Å². The minimum atomic E-state index is -0.0102. The van der Waals surface area contributed by atoms with Crippen LogP contribution in [0.25, 0.3) is 27.7 Å². The molecule has 0 fully saturated rings. The summed E-state index contributed by atoms with van der Waals surface area (Å²) < 4.78 is 16.9. The van der Waals surface area contributed by atoms with Crippen molar-refractivity contribution in [3.05, 3.63) is 53.4 Å². The molecule has 0 saturated carbocycles. The zero-order chi connectivity index (χ0) is 21.5. The fourth-order valence-electron chi connectivity index (χ4n) is 2.98. The normalized spacial score (nSPS) is 10.8. The number of benzene rings is 2. The van der Waals surface area contributed by atoms with E-state index in [1.54, 1.807) is 12.1 Å². The summed E-state index contributed by atoms with van der Waals surface area (Å²) in [5, 5.41) is 7.22. The highest BCUT2D eigenvalue weighted by molar-refractivity contribution is 5.70. The van der Waals surface area contributed by atoms with Gasteiger partial charge in [-0.2, -0.15) is 4.98 Å². The number of aromatic nitrogens is 2. The van der Waals surface area contributed by atoms with Crippen molar-refractivity contribution < 1.29 is 14.0 Å². The fraction of sp³-hybridized carbons (Fsp3) is 0.348. The van der Waals surface area contributed by atoms with Gasteiger partial charge in [-0.3, -0.25) is 0 Å². The number of hydrogen-bond acceptors (Lipinski definition) is 6. The Morgan fingerprint density at radius 1 is 1.20 bits per heavy atom. The van der Waals surface area contributed by atoms with Gasteiger partial charge in [0.05, 0.1) is 12.7 Å². The van der Waals surface area contributed by atoms with Gasteiger partial charge in [0.1, 0.15) is 18.1 Å². The third kappa shape index (κ3) is 4.97. The first-order valence-corrected chi connectivity index (χ1v) is 9.98. The van der Waals surface area contributed by atoms with E-state index in [4.69, 9.17) is 20.6 Å². The Morgan fingerprint density at radius 3 is 2.73 bits per heavy atom. The van der Waals surface area contributed by atoms with Gasteiger partial charge in [0.25, 0.3) is 5.89 Å². The molecule has 7 nitrogen and oxygen atoms in total. The molecule has 3 aromatic rings. The Bertz CT molecular complexity index is 1040. The largest absolute Gasteiger partial charge is 0.502 e. The van der Waals surface area contributed by atoms with Gasteiger partial charge in [-0.1, -0.05) is 12.1 Å². The Morgan fingerprint density at radius 2 is 2.03 bits per heavy atom. The molecule has 30 heavy (non-hydrogen) atoms. The van der Waals surface area contributed by atoms with Crippen LogP contribution in [-0.2, 0) is 6.42 Å². The molecular formula is C23H26N4O3. The number of likely N-dealkylation sites (N-methyl/N-ethyl adjacent to an activating group) is 1. The molecule has 0 atom stereocenters. The SMILES string of the molecule is [C-]#[N+]c1cc(-c2nc(-c3ccc(OCCNC)cc3CC)no2)ccc1OC(C)C. The van der Waals surface area contributed by atoms with Gasteiger partial charge in [-0.05, 0) is 69.3 Å². The summed E-state index contributed by atoms with van der Waals surface area (Å²) in [6, 6.07) is 11.2. The van der Waals surface area contributed by atoms with Crippen LogP contribution in [0.15, 0.2) is 40.9 Å². The number of nitrogens with zero attached hydrogens (tertiary/aromatic N) is 3. The van der Waals surface area contributed by atoms with E-state index in [9.17, 15) is 0 Å². The first-order valence-electron chi connectivity index (χ1n) is 9.98. The van der Waals surface area contributed by atoms with Crippen molar-refractivity contribution in [2.45, 2.75) is 33.3 Å². The lowest BCUT2D eigenvalue weighted by atomic mass is 10.0. The van der Waals surface area contributed by atoms with E-state index in [0.29, 0.717) is 35.3 Å². The molecular weight excluding hydrogens is 380 g/mol. The van der Waals surface area contributed by atoms with Gasteiger partial charge < -0.3 is 19.3 Å². The Balaban J connectivity index is 1.87. The average Bonchev–Trinajstić information content (AvgIpc) is 3.23. The van der Waals surface area contributed by atoms with Gasteiger partial charge in [0.2, 0.25) is 11.5 Å². The van der Waals surface area contributed by atoms with Crippen LogP contribution in [0.4, 0.5) is 5.69 Å². The molecule has 0 saturated heterocycles. The maximum Gasteiger partial charge on any atom is 0.256 e. The van der Waals surface area contributed by atoms with Crippen LogP contribution >= 0.6 is 0 Å². The van der Waals surface area contributed by atoms with Crippen molar-refractivity contribution in [3.8, 4) is 34.3 Å². The van der Waals surface area contributed by atoms with Crippen LogP contribution in [0.2, 0.25) is 0 Å². The van der Waals surface area contributed by atoms with Gasteiger partial charge >= 0.3 is 0 Å². The second-order valence-electron chi connectivity index (χ2n) is 7.01. The quantitative estimate of drug-likeness (QED) is 0.402. The summed E-state index contributed by atoms with van der Waals surface area (Å²) >= 11 is 0. The molecule has 7 heteroatoms. The van der Waals surface area contributed by atoms with Crippen LogP contribution in [0, 0.1) is 6.57 Å². The Hall–Kier alpha value is -3.37. The highest BCUT2D eigenvalue weighted by atomic mass is 16.5. The first kappa shape index (κ1) is 21.3. The standard InChI is InChI=1S/C23H26N4O3/c1-6-16-13-18(28-12-11-24-4)8-9-19(16)22-26-23(30-27-22)17-7-10-21(29-15(2)3)20(14-17)25-5/h7-10,13-15,24H,6,11-12H2,1-4H3. The summed E-state index contributed by atoms with van der Waals surface area (Å²) in [5.41, 5.74) is 3.07. The number of aryl methyl sites for hydroxylation is 1. The summed E-state index contributed by atoms with van der Waals surface area (Å²) in [6.45, 7) is 14.7. The summed E-state index contributed by atoms with van der Waals surface area (Å²) in [4.78, 5) is 8.12. The summed E-state index contributed by atoms with van der Waals surface area (Å²) in [7, 11) is 1.89. The molecule has 0 aliphatic carbocycles. The number of nitrogens with one attached hydrogen (secondary N) is 1. The molecule has 0 unspecified atom stereocenters. The lowest BCUT2D eigenvalue weighted by Crippen LogP contribution is -2.16. The zero-order valence-corrected chi connectivity index (χ0v) is 17.7. The lowest BCUT2D eigenvalue weighted by Gasteiger charge is -2.11. The molecule has 0 aliphatic rings. The van der Waals surface area contributed by atoms with Crippen molar-refractivity contribution in [1.29, 1.82) is 0 Å². The second kappa shape index (κ2) is 9.90. The van der Waals surface area contributed by atoms with Crippen molar-refractivity contribution >= 4 is 5.69 Å². The molecule has 2 aromatic carbocycles. The van der Waals surface area contributed by atoms with E-state index in [1.807, 2.05) is 45.2 Å². The maximum atomic E-state index is 7.42. The second-order valence-corrected chi connectivity index (χ2v) is 7.01. The smallest absolute Gasteiger partial charge is 0.256 e. The lowest BCUT2D eigenvalue weighted by molar-refractivity contribution is 0.244. The maximum absolute atomic E-state index is 7.42. The highest BCUT2D eigenvalue weighted by Gasteiger charge is 2.16. The number of ether oxygens (including phenoxy) is 2. The molecule has 156 valence electrons. The van der Waals surface area contributed by atoms with E-state index >= 15 is 0 Å². The summed E-state index contributed by atoms with van der Waals surface area (Å²) in [6.07, 6.45) is 0.801. The highest BCUT2D eigenvalue weighted by Crippen LogP contribution is 2.34. The molecule has 1 N–H and O–H groups in total. The molecule has 1 heterocycles. The predicted octanol–water partition coefficient (Wildman–Crippen LogP) is 4.90. The van der Waals surface area contributed by atoms with E-state index in [-0.39, 0.29) is 6.10 Å². The third-order valence-corrected chi connectivity index (χ3v) is 4.43. The third-order valence-electron chi connectivity index (χ3n) is 4.43. The van der Waals surface area contributed by atoms with Crippen LogP contribution in [-0.4, -0.2) is 36.4 Å². The van der Waals surface area contributed by atoms with Gasteiger partial charge in [0, 0.05) is 17.7 Å². The Kier molecular flexibility index (Phi) is 7.04. The Labute approximate surface area is 176 Å². The predicted molar refractivity (Wildman–Crippen MR) is 116 cm³/mol. The number of hydrogen-bond donors (Lipinski definition) is 1. The van der Waals surface area contributed by atoms with Crippen LogP contribution < -0.4 is 14.8 Å². The van der Waals surface area contributed by atoms with Gasteiger partial charge in [0.15, 0.2) is 0 Å². The fourth-order valence-corrected chi connectivity index (χ4v) is 2.98. The van der Waals surface area contributed by atoms with Crippen molar-refractivity contribution in [2.24, 2.45) is 0 Å². The molecule has 1 aromatic heterocycles. The van der Waals surface area contributed by atoms with Crippen molar-refractivity contribution in [3.63, 3.8) is 0 Å². The van der Waals surface area contributed by atoms with Gasteiger partial charge in [-0.25, -0.2) is 4.85 Å². The number of rotatable bonds is 9. The topological polar surface area (TPSA) is 73.8 Å². The van der Waals surface area contributed by atoms with Crippen LogP contribution in [0.1, 0.15) is 26.3 Å². The summed E-state index contributed by atoms with van der Waals surface area (Å²) in [5.74, 6) is 2.24. The first-order chi connectivity index (χ1) is 14.5. The molecule has 0 radical (unpaired) electrons. The molecule has 3 rings (SSSR count). The van der Waals surface area contributed by atoms with Crippen LogP contribution in [0.5, 0.6) is 11.5 Å². The minimum absolute atomic E-state index is 0.0102. The molecule has 0 bridgehead atoms. The zero-order valence-electron chi connectivity index (χ0n) is 17.7. The molecule has 0 spiro atoms. The van der Waals surface area contributed by atoms with E-state index in [2.05, 4.69) is 27.2 Å². The van der Waals surface area contributed by atoms with Crippen molar-refractivity contribution in [2.75, 3.05) is 20.2 Å². The molecule has 0 aliphatic heterocycles. The van der Waals surface area contributed by atoms with E-state index in [0.717, 1.165) is 29.8 Å². The average molecular weight is 406 g/mol. The minimum Gasteiger partial charge on any atom is -0.502 e. The van der Waals surface area contributed by atoms with E-state index < -0.39 is 0 Å². The van der Waals surface area contributed by atoms with Crippen molar-refractivity contribution in [1.82, 2.24) is 15.5 Å². The van der Waals surface area contributed by atoms with E-state index in [1.165, 1.54) is 0 Å². The molecule has 0 amide bonds. The van der Waals surface area contributed by atoms with Gasteiger partial charge in [-0.15, -0.1) is 0 Å². The monoisotopic (exact) mass is 406 g/mol.